The molecule has 5 nitrogen and oxygen atoms in total. The van der Waals surface area contributed by atoms with Crippen LogP contribution in [0, 0.1) is 5.82 Å². The number of fused-ring (bicyclic) bond motifs is 3. The molecule has 180 valence electrons. The molecule has 1 aliphatic heterocycles. The van der Waals surface area contributed by atoms with Crippen LogP contribution in [-0.2, 0) is 24.3 Å². The van der Waals surface area contributed by atoms with Gasteiger partial charge >= 0.3 is 0 Å². The molecule has 0 unspecified atom stereocenters. The number of nitrogens with zero attached hydrogens (tertiary/aromatic N) is 2. The molecule has 1 aliphatic carbocycles. The van der Waals surface area contributed by atoms with Crippen molar-refractivity contribution in [2.45, 2.75) is 83.5 Å². The summed E-state index contributed by atoms with van der Waals surface area (Å²) in [5.41, 5.74) is 1.21. The van der Waals surface area contributed by atoms with E-state index in [1.807, 2.05) is 17.6 Å². The largest absolute Gasteiger partial charge is 0.351 e. The van der Waals surface area contributed by atoms with Crippen molar-refractivity contribution in [2.75, 3.05) is 0 Å². The number of benzene rings is 1. The maximum atomic E-state index is 13.9. The van der Waals surface area contributed by atoms with Gasteiger partial charge in [-0.1, -0.05) is 44.7 Å². The summed E-state index contributed by atoms with van der Waals surface area (Å²) in [4.78, 5) is 30.6. The molecule has 1 N–H and O–H groups in total. The highest BCUT2D eigenvalue weighted by Gasteiger charge is 2.48. The van der Waals surface area contributed by atoms with Gasteiger partial charge in [0.2, 0.25) is 5.91 Å². The first-order valence-electron chi connectivity index (χ1n) is 12.4. The molecular formula is C27H32FN3O2S. The smallest absolute Gasteiger partial charge is 0.271 e. The number of aryl methyl sites for hydroxylation is 1. The van der Waals surface area contributed by atoms with Crippen molar-refractivity contribution in [3.63, 3.8) is 0 Å². The number of halogens is 1. The Labute approximate surface area is 203 Å². The highest BCUT2D eigenvalue weighted by molar-refractivity contribution is 7.19. The molecule has 1 fully saturated rings. The number of hydrogen-bond donors (Lipinski definition) is 1. The summed E-state index contributed by atoms with van der Waals surface area (Å²) in [5, 5.41) is 3.29. The molecule has 2 aromatic heterocycles. The van der Waals surface area contributed by atoms with Crippen molar-refractivity contribution >= 4 is 33.4 Å². The highest BCUT2D eigenvalue weighted by Crippen LogP contribution is 2.37. The minimum atomic E-state index is -1.08. The summed E-state index contributed by atoms with van der Waals surface area (Å²) in [6, 6.07) is 10.5. The normalized spacial score (nSPS) is 21.5. The van der Waals surface area contributed by atoms with Gasteiger partial charge in [0.05, 0.1) is 16.8 Å². The highest BCUT2D eigenvalue weighted by atomic mass is 32.1. The molecule has 5 rings (SSSR count). The molecule has 2 amide bonds. The van der Waals surface area contributed by atoms with Crippen LogP contribution in [0.1, 0.15) is 73.3 Å². The van der Waals surface area contributed by atoms with Crippen LogP contribution in [0.5, 0.6) is 0 Å². The molecule has 2 aliphatic rings. The van der Waals surface area contributed by atoms with Gasteiger partial charge in [-0.3, -0.25) is 9.59 Å². The molecule has 0 saturated heterocycles. The molecule has 1 aromatic carbocycles. The maximum Gasteiger partial charge on any atom is 0.271 e. The monoisotopic (exact) mass is 481 g/mol. The lowest BCUT2D eigenvalue weighted by molar-refractivity contribution is -0.134. The van der Waals surface area contributed by atoms with E-state index in [-0.39, 0.29) is 30.2 Å². The van der Waals surface area contributed by atoms with Crippen molar-refractivity contribution in [2.24, 2.45) is 0 Å². The molecule has 1 saturated carbocycles. The fourth-order valence-corrected chi connectivity index (χ4v) is 6.43. The second-order valence-corrected chi connectivity index (χ2v) is 11.1. The van der Waals surface area contributed by atoms with Gasteiger partial charge in [0.1, 0.15) is 17.1 Å². The average molecular weight is 482 g/mol. The van der Waals surface area contributed by atoms with Gasteiger partial charge in [-0.2, -0.15) is 0 Å². The van der Waals surface area contributed by atoms with Gasteiger partial charge in [-0.25, -0.2) is 4.39 Å². The number of hydrogen-bond acceptors (Lipinski definition) is 3. The van der Waals surface area contributed by atoms with E-state index in [9.17, 15) is 14.0 Å². The third-order valence-corrected chi connectivity index (χ3v) is 8.64. The summed E-state index contributed by atoms with van der Waals surface area (Å²) in [6.07, 6.45) is 7.53. The van der Waals surface area contributed by atoms with Crippen molar-refractivity contribution in [3.05, 3.63) is 58.3 Å². The fraction of sp³-hybridized carbons (Fsp3) is 0.481. The molecule has 7 heteroatoms. The molecular weight excluding hydrogens is 449 g/mol. The zero-order chi connectivity index (χ0) is 23.9. The lowest BCUT2D eigenvalue weighted by Crippen LogP contribution is -2.64. The van der Waals surface area contributed by atoms with Crippen LogP contribution < -0.4 is 5.32 Å². The zero-order valence-corrected chi connectivity index (χ0v) is 20.7. The van der Waals surface area contributed by atoms with Crippen molar-refractivity contribution in [1.82, 2.24) is 14.8 Å². The van der Waals surface area contributed by atoms with Gasteiger partial charge in [-0.15, -0.1) is 11.3 Å². The Morgan fingerprint density at radius 3 is 2.65 bits per heavy atom. The predicted octanol–water partition coefficient (Wildman–Crippen LogP) is 5.66. The first-order valence-corrected chi connectivity index (χ1v) is 13.2. The first-order chi connectivity index (χ1) is 16.4. The van der Waals surface area contributed by atoms with E-state index in [0.29, 0.717) is 17.8 Å². The Hall–Kier alpha value is -2.67. The molecule has 34 heavy (non-hydrogen) atoms. The summed E-state index contributed by atoms with van der Waals surface area (Å²) in [7, 11) is 0. The van der Waals surface area contributed by atoms with E-state index >= 15 is 0 Å². The van der Waals surface area contributed by atoms with Crippen molar-refractivity contribution < 1.29 is 14.0 Å². The molecule has 3 heterocycles. The molecule has 0 bridgehead atoms. The van der Waals surface area contributed by atoms with E-state index in [1.54, 1.807) is 28.4 Å². The van der Waals surface area contributed by atoms with Gasteiger partial charge in [-0.05, 0) is 56.0 Å². The van der Waals surface area contributed by atoms with Crippen molar-refractivity contribution in [3.8, 4) is 0 Å². The summed E-state index contributed by atoms with van der Waals surface area (Å²) in [6.45, 7) is 4.55. The van der Waals surface area contributed by atoms with Gasteiger partial charge in [0.25, 0.3) is 5.91 Å². The van der Waals surface area contributed by atoms with Crippen LogP contribution in [-0.4, -0.2) is 32.9 Å². The van der Waals surface area contributed by atoms with Crippen molar-refractivity contribution in [1.29, 1.82) is 0 Å². The number of thiophene rings is 1. The zero-order valence-electron chi connectivity index (χ0n) is 19.9. The quantitative estimate of drug-likeness (QED) is 0.478. The number of rotatable bonds is 5. The number of carbonyl (C=O) groups is 2. The lowest BCUT2D eigenvalue weighted by Gasteiger charge is -2.44. The van der Waals surface area contributed by atoms with Crippen LogP contribution in [0.4, 0.5) is 4.39 Å². The fourth-order valence-electron chi connectivity index (χ4n) is 5.39. The third kappa shape index (κ3) is 4.15. The molecule has 1 atom stereocenters. The number of aromatic nitrogens is 1. The standard InChI is InChI=1S/C27H32FN3O2S/c1-3-21-14-22-24(34-21)15-23-25(32)31(16-18-9-8-10-19(28)13-18)27(2,17-30(22)23)26(33)29-20-11-6-4-5-7-12-20/h8-10,13-15,20H,3-7,11-12,16-17H2,1-2H3,(H,29,33)/t27-/m1/s1. The molecule has 0 radical (unpaired) electrons. The number of amides is 2. The van der Waals surface area contributed by atoms with Crippen LogP contribution >= 0.6 is 11.3 Å². The second kappa shape index (κ2) is 9.17. The molecule has 3 aromatic rings. The maximum absolute atomic E-state index is 13.9. The van der Waals surface area contributed by atoms with Crippen LogP contribution in [0.3, 0.4) is 0 Å². The Bertz CT molecular complexity index is 1220. The number of nitrogens with one attached hydrogen (secondary N) is 1. The van der Waals surface area contributed by atoms with Gasteiger partial charge in [0.15, 0.2) is 0 Å². The van der Waals surface area contributed by atoms with Gasteiger partial charge in [0, 0.05) is 17.5 Å². The Morgan fingerprint density at radius 1 is 1.18 bits per heavy atom. The van der Waals surface area contributed by atoms with E-state index in [4.69, 9.17) is 0 Å². The number of carbonyl (C=O) groups excluding carboxylic acids is 2. The van der Waals surface area contributed by atoms with Crippen LogP contribution in [0.2, 0.25) is 0 Å². The van der Waals surface area contributed by atoms with E-state index in [2.05, 4.69) is 18.3 Å². The minimum Gasteiger partial charge on any atom is -0.351 e. The van der Waals surface area contributed by atoms with E-state index in [0.717, 1.165) is 42.3 Å². The second-order valence-electron chi connectivity index (χ2n) is 9.89. The SMILES string of the molecule is CCc1cc2c(cc3n2C[C@](C)(C(=O)NC2CCCCCC2)N(Cc2cccc(F)c2)C3=O)s1. The van der Waals surface area contributed by atoms with E-state index in [1.165, 1.54) is 29.9 Å². The summed E-state index contributed by atoms with van der Waals surface area (Å²) >= 11 is 1.70. The van der Waals surface area contributed by atoms with Crippen LogP contribution in [0.15, 0.2) is 36.4 Å². The Kier molecular flexibility index (Phi) is 6.23. The minimum absolute atomic E-state index is 0.123. The van der Waals surface area contributed by atoms with E-state index < -0.39 is 5.54 Å². The molecule has 0 spiro atoms. The summed E-state index contributed by atoms with van der Waals surface area (Å²) in [5.74, 6) is -0.652. The summed E-state index contributed by atoms with van der Waals surface area (Å²) < 4.78 is 17.0. The lowest BCUT2D eigenvalue weighted by atomic mass is 9.93. The Balaban J connectivity index is 1.53. The average Bonchev–Trinajstić information content (AvgIpc) is 3.25. The topological polar surface area (TPSA) is 54.3 Å². The first kappa shape index (κ1) is 23.1. The Morgan fingerprint density at radius 2 is 1.94 bits per heavy atom. The van der Waals surface area contributed by atoms with Gasteiger partial charge < -0.3 is 14.8 Å². The predicted molar refractivity (Wildman–Crippen MR) is 134 cm³/mol. The van der Waals surface area contributed by atoms with Crippen LogP contribution in [0.25, 0.3) is 10.2 Å². The third-order valence-electron chi connectivity index (χ3n) is 7.42.